The van der Waals surface area contributed by atoms with Gasteiger partial charge in [0, 0.05) is 18.4 Å². The molecule has 16 heteroatoms. The van der Waals surface area contributed by atoms with Gasteiger partial charge in [0.1, 0.15) is 35.2 Å². The Labute approximate surface area is 270 Å². The normalized spacial score (nSPS) is 28.3. The molecule has 1 saturated heterocycles. The molecule has 1 aromatic heterocycles. The lowest BCUT2D eigenvalue weighted by Gasteiger charge is -2.29. The number of carboxylic acid groups (broad SMARTS) is 1. The van der Waals surface area contributed by atoms with Crippen LogP contribution in [0.15, 0.2) is 30.4 Å². The second-order valence-electron chi connectivity index (χ2n) is 12.7. The molecular weight excluding hydrogens is 635 g/mol. The summed E-state index contributed by atoms with van der Waals surface area (Å²) >= 11 is 0. The highest BCUT2D eigenvalue weighted by atomic mass is 32.2. The van der Waals surface area contributed by atoms with Gasteiger partial charge in [-0.3, -0.25) is 19.1 Å². The molecule has 4 N–H and O–H groups in total. The van der Waals surface area contributed by atoms with Crippen LogP contribution in [0.1, 0.15) is 63.5 Å². The van der Waals surface area contributed by atoms with Gasteiger partial charge in [-0.05, 0) is 57.6 Å². The fourth-order valence-corrected chi connectivity index (χ4v) is 7.73. The number of allylic oxidation sites excluding steroid dienone is 1. The van der Waals surface area contributed by atoms with Crippen LogP contribution in [0.5, 0.6) is 5.88 Å². The lowest BCUT2D eigenvalue weighted by atomic mass is 10.1. The van der Waals surface area contributed by atoms with Gasteiger partial charge in [0.05, 0.1) is 22.8 Å². The van der Waals surface area contributed by atoms with Crippen molar-refractivity contribution in [2.45, 2.75) is 93.7 Å². The number of nitrogens with one attached hydrogen (secondary N) is 3. The number of hydrogen-bond donors (Lipinski definition) is 4. The van der Waals surface area contributed by atoms with Gasteiger partial charge < -0.3 is 25.4 Å². The average Bonchev–Trinajstić information content (AvgIpc) is 3.93. The van der Waals surface area contributed by atoms with Crippen molar-refractivity contribution in [1.82, 2.24) is 30.2 Å². The first-order valence-electron chi connectivity index (χ1n) is 15.8. The zero-order valence-corrected chi connectivity index (χ0v) is 26.6. The fourth-order valence-electron chi connectivity index (χ4n) is 6.37. The Hall–Kier alpha value is -4.34. The first kappa shape index (κ1) is 32.6. The minimum Gasteiger partial charge on any atom is -0.471 e. The van der Waals surface area contributed by atoms with Crippen LogP contribution in [0.25, 0.3) is 11.0 Å². The molecule has 14 nitrogen and oxygen atoms in total. The van der Waals surface area contributed by atoms with E-state index in [9.17, 15) is 37.1 Å². The van der Waals surface area contributed by atoms with E-state index >= 15 is 0 Å². The zero-order valence-electron chi connectivity index (χ0n) is 25.8. The number of halogens is 1. The minimum atomic E-state index is -3.90. The number of amides is 4. The van der Waals surface area contributed by atoms with E-state index in [1.165, 1.54) is 23.1 Å². The van der Waals surface area contributed by atoms with Crippen molar-refractivity contribution in [3.8, 4) is 5.88 Å². The molecule has 47 heavy (non-hydrogen) atoms. The number of ether oxygens (including phenoxy) is 1. The largest absolute Gasteiger partial charge is 0.471 e. The maximum atomic E-state index is 14.0. The molecule has 1 aromatic carbocycles. The van der Waals surface area contributed by atoms with Crippen LogP contribution in [-0.2, 0) is 24.4 Å². The van der Waals surface area contributed by atoms with E-state index in [0.717, 1.165) is 6.42 Å². The van der Waals surface area contributed by atoms with E-state index in [-0.39, 0.29) is 37.2 Å². The Morgan fingerprint density at radius 2 is 1.91 bits per heavy atom. The summed E-state index contributed by atoms with van der Waals surface area (Å²) in [5.74, 6) is -3.05. The van der Waals surface area contributed by atoms with Crippen LogP contribution in [0.2, 0.25) is 0 Å². The van der Waals surface area contributed by atoms with Crippen molar-refractivity contribution in [2.24, 2.45) is 5.92 Å². The van der Waals surface area contributed by atoms with Gasteiger partial charge >= 0.3 is 6.09 Å². The summed E-state index contributed by atoms with van der Waals surface area (Å²) < 4.78 is 47.5. The SMILES string of the molecule is Cc1nc2ccc(F)cc2nc1O[C@@H]1C[C@H]2C(=O)N[C@]3(C(=O)NS(=O)(=O)C4CC4)C[C@H]3C=CCCCCC[C@H](NC(=O)O)C(=O)N2C1. The number of nitrogens with zero attached hydrogens (tertiary/aromatic N) is 3. The van der Waals surface area contributed by atoms with Crippen molar-refractivity contribution < 1.29 is 41.8 Å². The summed E-state index contributed by atoms with van der Waals surface area (Å²) in [6, 6.07) is 1.64. The van der Waals surface area contributed by atoms with E-state index in [0.29, 0.717) is 43.3 Å². The van der Waals surface area contributed by atoms with Crippen molar-refractivity contribution in [3.63, 3.8) is 0 Å². The van der Waals surface area contributed by atoms with Gasteiger partial charge in [-0.1, -0.05) is 25.0 Å². The number of rotatable bonds is 6. The molecule has 0 unspecified atom stereocenters. The van der Waals surface area contributed by atoms with Crippen LogP contribution < -0.4 is 20.1 Å². The van der Waals surface area contributed by atoms with E-state index in [1.54, 1.807) is 6.92 Å². The highest BCUT2D eigenvalue weighted by molar-refractivity contribution is 7.91. The van der Waals surface area contributed by atoms with Crippen LogP contribution in [0.3, 0.4) is 0 Å². The van der Waals surface area contributed by atoms with Crippen LogP contribution in [-0.4, -0.2) is 87.7 Å². The number of aromatic nitrogens is 2. The number of carbonyl (C=O) groups excluding carboxylic acids is 3. The second kappa shape index (κ2) is 12.7. The molecule has 5 atom stereocenters. The summed E-state index contributed by atoms with van der Waals surface area (Å²) in [5, 5.41) is 13.9. The molecule has 0 spiro atoms. The third kappa shape index (κ3) is 7.01. The van der Waals surface area contributed by atoms with Gasteiger partial charge in [-0.15, -0.1) is 0 Å². The topological polar surface area (TPSA) is 197 Å². The van der Waals surface area contributed by atoms with Crippen molar-refractivity contribution >= 4 is 44.9 Å². The fraction of sp³-hybridized carbons (Fsp3) is 0.548. The molecule has 0 bridgehead atoms. The maximum absolute atomic E-state index is 14.0. The van der Waals surface area contributed by atoms with Crippen LogP contribution in [0.4, 0.5) is 9.18 Å². The van der Waals surface area contributed by atoms with Crippen molar-refractivity contribution in [3.05, 3.63) is 41.9 Å². The highest BCUT2D eigenvalue weighted by Crippen LogP contribution is 2.46. The molecule has 0 radical (unpaired) electrons. The predicted molar refractivity (Wildman–Crippen MR) is 165 cm³/mol. The number of hydrogen-bond acceptors (Lipinski definition) is 9. The Bertz CT molecular complexity index is 1750. The standard InChI is InChI=1S/C31H37FN6O8S/c1-17-27(34-24-13-19(32)9-12-22(24)33-17)46-20-14-25-26(39)36-31(29(41)37-47(44,45)21-10-11-21)15-18(31)7-5-3-2-4-6-8-23(35-30(42)43)28(40)38(25)16-20/h5,7,9,12-13,18,20-21,23,25,35H,2-4,6,8,10-11,14-16H2,1H3,(H,36,39)(H,37,41)(H,42,43)/t18-,20-,23+,25+,31-/m1/s1. The third-order valence-corrected chi connectivity index (χ3v) is 11.0. The van der Waals surface area contributed by atoms with Crippen LogP contribution in [0, 0.1) is 18.7 Å². The van der Waals surface area contributed by atoms with E-state index < -0.39 is 74.5 Å². The van der Waals surface area contributed by atoms with Gasteiger partial charge in [-0.25, -0.2) is 27.6 Å². The smallest absolute Gasteiger partial charge is 0.405 e. The summed E-state index contributed by atoms with van der Waals surface area (Å²) in [6.07, 6.45) is 5.42. The molecule has 2 saturated carbocycles. The minimum absolute atomic E-state index is 0.0434. The predicted octanol–water partition coefficient (Wildman–Crippen LogP) is 2.07. The van der Waals surface area contributed by atoms with Crippen molar-refractivity contribution in [1.29, 1.82) is 0 Å². The molecule has 2 aliphatic heterocycles. The number of carbonyl (C=O) groups is 4. The van der Waals surface area contributed by atoms with Crippen LogP contribution >= 0.6 is 0 Å². The van der Waals surface area contributed by atoms with Gasteiger partial charge in [-0.2, -0.15) is 0 Å². The molecule has 4 amide bonds. The number of aryl methyl sites for hydroxylation is 1. The first-order valence-corrected chi connectivity index (χ1v) is 17.4. The Morgan fingerprint density at radius 1 is 1.13 bits per heavy atom. The lowest BCUT2D eigenvalue weighted by molar-refractivity contribution is -0.141. The monoisotopic (exact) mass is 672 g/mol. The Balaban J connectivity index is 1.30. The third-order valence-electron chi connectivity index (χ3n) is 9.18. The lowest BCUT2D eigenvalue weighted by Crippen LogP contribution is -2.58. The molecule has 3 fully saturated rings. The molecule has 2 aromatic rings. The Kier molecular flexibility index (Phi) is 8.80. The zero-order chi connectivity index (χ0) is 33.5. The first-order chi connectivity index (χ1) is 22.4. The summed E-state index contributed by atoms with van der Waals surface area (Å²) in [4.78, 5) is 63.2. The van der Waals surface area contributed by atoms with E-state index in [1.807, 2.05) is 12.2 Å². The average molecular weight is 673 g/mol. The number of sulfonamides is 1. The molecule has 3 heterocycles. The summed E-state index contributed by atoms with van der Waals surface area (Å²) in [6.45, 7) is 1.54. The number of benzene rings is 1. The van der Waals surface area contributed by atoms with Gasteiger partial charge in [0.15, 0.2) is 0 Å². The van der Waals surface area contributed by atoms with Gasteiger partial charge in [0.2, 0.25) is 27.7 Å². The molecule has 2 aliphatic carbocycles. The van der Waals surface area contributed by atoms with E-state index in [4.69, 9.17) is 4.74 Å². The molecular formula is C31H37FN6O8S. The molecule has 4 aliphatic rings. The second-order valence-corrected chi connectivity index (χ2v) is 14.7. The summed E-state index contributed by atoms with van der Waals surface area (Å²) in [7, 11) is -3.90. The maximum Gasteiger partial charge on any atom is 0.405 e. The molecule has 252 valence electrons. The van der Waals surface area contributed by atoms with Gasteiger partial charge in [0.25, 0.3) is 5.91 Å². The summed E-state index contributed by atoms with van der Waals surface area (Å²) in [5.41, 5.74) is -0.436. The molecule has 6 rings (SSSR count). The van der Waals surface area contributed by atoms with E-state index in [2.05, 4.69) is 25.3 Å². The quantitative estimate of drug-likeness (QED) is 0.330. The van der Waals surface area contributed by atoms with Crippen molar-refractivity contribution in [2.75, 3.05) is 6.54 Å². The highest BCUT2D eigenvalue weighted by Gasteiger charge is 2.62. The number of fused-ring (bicyclic) bond motifs is 3. The Morgan fingerprint density at radius 3 is 2.66 bits per heavy atom.